The van der Waals surface area contributed by atoms with Crippen LogP contribution < -0.4 is 10.6 Å². The number of hydrogen-bond acceptors (Lipinski definition) is 7. The molecule has 232 valence electrons. The number of carbonyl (C=O) groups excluding carboxylic acids is 4. The van der Waals surface area contributed by atoms with Gasteiger partial charge < -0.3 is 20.3 Å². The summed E-state index contributed by atoms with van der Waals surface area (Å²) < 4.78 is 34.1. The summed E-state index contributed by atoms with van der Waals surface area (Å²) in [5.74, 6) is -2.53. The molecule has 2 N–H and O–H groups in total. The van der Waals surface area contributed by atoms with Crippen LogP contribution in [0.1, 0.15) is 58.9 Å². The Balaban J connectivity index is 2.12. The SMILES string of the molecule is COC(=O)C1C/C=C\CN(S(=O)(=O)c2ccc(C)cc2)[C@@H](C(C)C)C(=O)N2CCC[C@H]2C(=O)N[C@@H](CC(C)C)C(=O)N1. The van der Waals surface area contributed by atoms with Crippen LogP contribution in [-0.2, 0) is 33.9 Å². The molecule has 1 aromatic carbocycles. The second-order valence-electron chi connectivity index (χ2n) is 11.7. The number of esters is 1. The number of benzene rings is 1. The van der Waals surface area contributed by atoms with Gasteiger partial charge in [-0.25, -0.2) is 13.2 Å². The molecule has 1 saturated heterocycles. The zero-order valence-electron chi connectivity index (χ0n) is 25.3. The molecule has 11 nitrogen and oxygen atoms in total. The molecule has 2 aliphatic rings. The summed E-state index contributed by atoms with van der Waals surface area (Å²) in [7, 11) is -2.94. The number of rotatable bonds is 6. The van der Waals surface area contributed by atoms with Crippen LogP contribution in [0.3, 0.4) is 0 Å². The Kier molecular flexibility index (Phi) is 11.3. The van der Waals surface area contributed by atoms with Crippen LogP contribution in [0.5, 0.6) is 0 Å². The molecule has 0 spiro atoms. The third-order valence-electron chi connectivity index (χ3n) is 7.63. The van der Waals surface area contributed by atoms with Gasteiger partial charge in [0.1, 0.15) is 24.2 Å². The molecule has 0 radical (unpaired) electrons. The lowest BCUT2D eigenvalue weighted by Crippen LogP contribution is -2.58. The molecule has 1 unspecified atom stereocenters. The molecule has 0 saturated carbocycles. The van der Waals surface area contributed by atoms with E-state index < -0.39 is 63.8 Å². The quantitative estimate of drug-likeness (QED) is 0.374. The van der Waals surface area contributed by atoms with Crippen molar-refractivity contribution in [3.8, 4) is 0 Å². The van der Waals surface area contributed by atoms with Gasteiger partial charge in [0.05, 0.1) is 12.0 Å². The Morgan fingerprint density at radius 3 is 2.29 bits per heavy atom. The van der Waals surface area contributed by atoms with Gasteiger partial charge in [0, 0.05) is 13.1 Å². The number of ether oxygens (including phenoxy) is 1. The van der Waals surface area contributed by atoms with Gasteiger partial charge in [0.15, 0.2) is 0 Å². The number of nitrogens with zero attached hydrogens (tertiary/aromatic N) is 2. The van der Waals surface area contributed by atoms with Crippen LogP contribution in [0.15, 0.2) is 41.3 Å². The Hall–Kier alpha value is -3.25. The van der Waals surface area contributed by atoms with E-state index in [4.69, 9.17) is 4.74 Å². The van der Waals surface area contributed by atoms with Crippen molar-refractivity contribution in [1.29, 1.82) is 0 Å². The van der Waals surface area contributed by atoms with Crippen LogP contribution in [0.2, 0.25) is 0 Å². The van der Waals surface area contributed by atoms with Gasteiger partial charge in [-0.3, -0.25) is 14.4 Å². The second-order valence-corrected chi connectivity index (χ2v) is 13.6. The zero-order chi connectivity index (χ0) is 31.2. The normalized spacial score (nSPS) is 25.8. The van der Waals surface area contributed by atoms with E-state index in [1.54, 1.807) is 38.1 Å². The van der Waals surface area contributed by atoms with Crippen molar-refractivity contribution in [2.24, 2.45) is 11.8 Å². The smallest absolute Gasteiger partial charge is 0.328 e. The highest BCUT2D eigenvalue weighted by Crippen LogP contribution is 2.28. The monoisotopic (exact) mass is 604 g/mol. The maximum absolute atomic E-state index is 14.2. The minimum Gasteiger partial charge on any atom is -0.467 e. The lowest BCUT2D eigenvalue weighted by molar-refractivity contribution is -0.146. The van der Waals surface area contributed by atoms with E-state index in [1.165, 1.54) is 28.4 Å². The summed E-state index contributed by atoms with van der Waals surface area (Å²) in [5, 5.41) is 5.50. The molecule has 4 atom stereocenters. The summed E-state index contributed by atoms with van der Waals surface area (Å²) in [6.07, 6.45) is 4.45. The first-order chi connectivity index (χ1) is 19.8. The lowest BCUT2D eigenvalue weighted by atomic mass is 10.0. The van der Waals surface area contributed by atoms with Gasteiger partial charge >= 0.3 is 5.97 Å². The summed E-state index contributed by atoms with van der Waals surface area (Å²) in [6, 6.07) is 2.47. The van der Waals surface area contributed by atoms with Crippen molar-refractivity contribution >= 4 is 33.7 Å². The van der Waals surface area contributed by atoms with Crippen LogP contribution in [0.4, 0.5) is 0 Å². The van der Waals surface area contributed by atoms with E-state index in [0.717, 1.165) is 5.56 Å². The Bertz CT molecular complexity index is 1280. The molecule has 0 aromatic heterocycles. The van der Waals surface area contributed by atoms with E-state index in [1.807, 2.05) is 20.8 Å². The maximum Gasteiger partial charge on any atom is 0.328 e. The highest BCUT2D eigenvalue weighted by molar-refractivity contribution is 7.89. The number of carbonyl (C=O) groups is 4. The van der Waals surface area contributed by atoms with Crippen molar-refractivity contribution < 1.29 is 32.3 Å². The van der Waals surface area contributed by atoms with Gasteiger partial charge in [-0.2, -0.15) is 4.31 Å². The third-order valence-corrected chi connectivity index (χ3v) is 9.49. The number of hydrogen-bond donors (Lipinski definition) is 2. The molecule has 2 aliphatic heterocycles. The molecule has 1 aromatic rings. The number of methoxy groups -OCH3 is 1. The first-order valence-electron chi connectivity index (χ1n) is 14.5. The van der Waals surface area contributed by atoms with Crippen LogP contribution in [0, 0.1) is 18.8 Å². The number of nitrogens with one attached hydrogen (secondary N) is 2. The molecule has 1 fully saturated rings. The standard InChI is InChI=1S/C30H44N4O7S/c1-19(2)18-24-27(35)31-23(30(38)41-6)10-7-8-17-34(42(39,40)22-14-12-21(5)13-15-22)26(20(3)4)29(37)33-16-9-11-25(33)28(36)32-24/h7-8,12-15,19-20,23-26H,9-11,16-18H2,1-6H3,(H,31,35)(H,32,36)/b8-7-/t23?,24-,25-,26-/m0/s1. The molecular weight excluding hydrogens is 560 g/mol. The Morgan fingerprint density at radius 1 is 1.02 bits per heavy atom. The van der Waals surface area contributed by atoms with Crippen molar-refractivity contribution in [3.05, 3.63) is 42.0 Å². The van der Waals surface area contributed by atoms with Crippen LogP contribution >= 0.6 is 0 Å². The van der Waals surface area contributed by atoms with Crippen molar-refractivity contribution in [3.63, 3.8) is 0 Å². The van der Waals surface area contributed by atoms with E-state index >= 15 is 0 Å². The van der Waals surface area contributed by atoms with E-state index in [0.29, 0.717) is 25.8 Å². The van der Waals surface area contributed by atoms with Crippen molar-refractivity contribution in [2.45, 2.75) is 89.4 Å². The fraction of sp³-hybridized carbons (Fsp3) is 0.600. The molecule has 0 bridgehead atoms. The molecule has 2 heterocycles. The predicted molar refractivity (Wildman–Crippen MR) is 158 cm³/mol. The first kappa shape index (κ1) is 33.3. The number of aryl methyl sites for hydroxylation is 1. The number of sulfonamides is 1. The largest absolute Gasteiger partial charge is 0.467 e. The van der Waals surface area contributed by atoms with Gasteiger partial charge in [0.25, 0.3) is 0 Å². The maximum atomic E-state index is 14.2. The fourth-order valence-electron chi connectivity index (χ4n) is 5.43. The molecule has 0 aliphatic carbocycles. The average Bonchev–Trinajstić information content (AvgIpc) is 3.42. The highest BCUT2D eigenvalue weighted by atomic mass is 32.2. The Labute approximate surface area is 249 Å². The minimum absolute atomic E-state index is 0.0220. The predicted octanol–water partition coefficient (Wildman–Crippen LogP) is 2.15. The number of fused-ring (bicyclic) bond motifs is 1. The second kappa shape index (κ2) is 14.3. The zero-order valence-corrected chi connectivity index (χ0v) is 26.1. The molecule has 3 rings (SSSR count). The summed E-state index contributed by atoms with van der Waals surface area (Å²) in [4.78, 5) is 55.1. The van der Waals surface area contributed by atoms with Gasteiger partial charge in [-0.15, -0.1) is 0 Å². The van der Waals surface area contributed by atoms with Gasteiger partial charge in [0.2, 0.25) is 27.7 Å². The van der Waals surface area contributed by atoms with Gasteiger partial charge in [-0.05, 0) is 56.6 Å². The molecule has 42 heavy (non-hydrogen) atoms. The first-order valence-corrected chi connectivity index (χ1v) is 15.9. The van der Waals surface area contributed by atoms with E-state index in [-0.39, 0.29) is 23.8 Å². The van der Waals surface area contributed by atoms with Crippen LogP contribution in [-0.4, -0.2) is 85.7 Å². The topological polar surface area (TPSA) is 142 Å². The Morgan fingerprint density at radius 2 is 1.69 bits per heavy atom. The third kappa shape index (κ3) is 7.77. The number of amides is 3. The van der Waals surface area contributed by atoms with E-state index in [2.05, 4.69) is 10.6 Å². The van der Waals surface area contributed by atoms with Crippen molar-refractivity contribution in [1.82, 2.24) is 19.8 Å². The lowest BCUT2D eigenvalue weighted by Gasteiger charge is -2.36. The summed E-state index contributed by atoms with van der Waals surface area (Å²) >= 11 is 0. The summed E-state index contributed by atoms with van der Waals surface area (Å²) in [6.45, 7) is 9.36. The fourth-order valence-corrected chi connectivity index (χ4v) is 7.10. The van der Waals surface area contributed by atoms with Crippen LogP contribution in [0.25, 0.3) is 0 Å². The highest BCUT2D eigenvalue weighted by Gasteiger charge is 2.44. The summed E-state index contributed by atoms with van der Waals surface area (Å²) in [5.41, 5.74) is 0.889. The molecule has 12 heteroatoms. The van der Waals surface area contributed by atoms with Crippen molar-refractivity contribution in [2.75, 3.05) is 20.2 Å². The average molecular weight is 605 g/mol. The minimum atomic E-state index is -4.15. The molecular formula is C30H44N4O7S. The van der Waals surface area contributed by atoms with Gasteiger partial charge in [-0.1, -0.05) is 57.5 Å². The molecule has 3 amide bonds. The van der Waals surface area contributed by atoms with E-state index in [9.17, 15) is 27.6 Å².